The van der Waals surface area contributed by atoms with Crippen molar-refractivity contribution in [3.8, 4) is 0 Å². The molecule has 1 saturated carbocycles. The SMILES string of the molecule is O=C(C1CCN(C(=O)N2CCCC2)CC1)N1CCC(c2nc(C3CC3)n[nH]2)CC1. The van der Waals surface area contributed by atoms with Gasteiger partial charge in [0.25, 0.3) is 0 Å². The van der Waals surface area contributed by atoms with Gasteiger partial charge in [0.15, 0.2) is 5.82 Å². The van der Waals surface area contributed by atoms with Gasteiger partial charge in [-0.3, -0.25) is 9.89 Å². The Kier molecular flexibility index (Phi) is 5.18. The zero-order valence-electron chi connectivity index (χ0n) is 17.2. The molecule has 5 rings (SSSR count). The molecular weight excluding hydrogens is 368 g/mol. The lowest BCUT2D eigenvalue weighted by Crippen LogP contribution is -2.49. The van der Waals surface area contributed by atoms with Crippen molar-refractivity contribution in [1.82, 2.24) is 29.9 Å². The lowest BCUT2D eigenvalue weighted by molar-refractivity contribution is -0.138. The van der Waals surface area contributed by atoms with Gasteiger partial charge in [0.1, 0.15) is 5.82 Å². The lowest BCUT2D eigenvalue weighted by atomic mass is 9.92. The number of carbonyl (C=O) groups excluding carboxylic acids is 2. The number of nitrogens with one attached hydrogen (secondary N) is 1. The van der Waals surface area contributed by atoms with Gasteiger partial charge < -0.3 is 14.7 Å². The average molecular weight is 401 g/mol. The van der Waals surface area contributed by atoms with Crippen LogP contribution < -0.4 is 0 Å². The van der Waals surface area contributed by atoms with E-state index in [1.807, 2.05) is 14.7 Å². The molecule has 0 atom stereocenters. The minimum atomic E-state index is 0.0703. The van der Waals surface area contributed by atoms with Gasteiger partial charge in [0.05, 0.1) is 0 Å². The van der Waals surface area contributed by atoms with Crippen LogP contribution in [0.5, 0.6) is 0 Å². The molecule has 1 N–H and O–H groups in total. The molecule has 0 spiro atoms. The third-order valence-electron chi connectivity index (χ3n) is 7.15. The number of aromatic amines is 1. The molecule has 3 saturated heterocycles. The molecule has 0 radical (unpaired) electrons. The molecule has 3 amide bonds. The molecule has 1 aromatic rings. The van der Waals surface area contributed by atoms with Gasteiger partial charge in [0.2, 0.25) is 5.91 Å². The van der Waals surface area contributed by atoms with Crippen molar-refractivity contribution in [2.75, 3.05) is 39.3 Å². The Bertz CT molecular complexity index is 738. The molecule has 3 aliphatic heterocycles. The van der Waals surface area contributed by atoms with E-state index in [0.29, 0.717) is 24.9 Å². The van der Waals surface area contributed by atoms with E-state index < -0.39 is 0 Å². The second-order valence-electron chi connectivity index (χ2n) is 9.19. The maximum Gasteiger partial charge on any atom is 0.319 e. The first kappa shape index (κ1) is 18.9. The Hall–Kier alpha value is -2.12. The van der Waals surface area contributed by atoms with Crippen LogP contribution in [0.25, 0.3) is 0 Å². The normalized spacial score (nSPS) is 24.3. The molecule has 0 unspecified atom stereocenters. The fraction of sp³-hybridized carbons (Fsp3) is 0.810. The summed E-state index contributed by atoms with van der Waals surface area (Å²) in [6.45, 7) is 4.81. The predicted molar refractivity (Wildman–Crippen MR) is 107 cm³/mol. The number of likely N-dealkylation sites (tertiary alicyclic amines) is 3. The van der Waals surface area contributed by atoms with Gasteiger partial charge in [-0.1, -0.05) is 0 Å². The molecule has 1 aliphatic carbocycles. The highest BCUT2D eigenvalue weighted by Gasteiger charge is 2.35. The number of hydrogen-bond donors (Lipinski definition) is 1. The summed E-state index contributed by atoms with van der Waals surface area (Å²) in [6, 6.07) is 0.173. The number of carbonyl (C=O) groups is 2. The van der Waals surface area contributed by atoms with Crippen LogP contribution in [0.15, 0.2) is 0 Å². The van der Waals surface area contributed by atoms with Crippen molar-refractivity contribution >= 4 is 11.9 Å². The zero-order valence-corrected chi connectivity index (χ0v) is 17.2. The van der Waals surface area contributed by atoms with E-state index in [0.717, 1.165) is 76.4 Å². The molecule has 29 heavy (non-hydrogen) atoms. The fourth-order valence-corrected chi connectivity index (χ4v) is 5.05. The van der Waals surface area contributed by atoms with Gasteiger partial charge in [-0.2, -0.15) is 5.10 Å². The number of H-pyrrole nitrogens is 1. The van der Waals surface area contributed by atoms with E-state index in [4.69, 9.17) is 4.98 Å². The number of nitrogens with zero attached hydrogens (tertiary/aromatic N) is 5. The molecule has 8 nitrogen and oxygen atoms in total. The molecule has 0 aromatic carbocycles. The van der Waals surface area contributed by atoms with Crippen LogP contribution in [0.4, 0.5) is 4.79 Å². The van der Waals surface area contributed by atoms with Crippen LogP contribution in [0.2, 0.25) is 0 Å². The van der Waals surface area contributed by atoms with Gasteiger partial charge in [-0.15, -0.1) is 0 Å². The standard InChI is InChI=1S/C21H32N6O2/c28-20(17-7-13-27(14-8-17)21(29)26-9-1-2-10-26)25-11-5-16(6-12-25)19-22-18(23-24-19)15-3-4-15/h15-17H,1-14H2,(H,22,23,24). The van der Waals surface area contributed by atoms with Gasteiger partial charge in [-0.25, -0.2) is 9.78 Å². The maximum atomic E-state index is 13.0. The highest BCUT2D eigenvalue weighted by molar-refractivity contribution is 5.80. The third kappa shape index (κ3) is 3.98. The Morgan fingerprint density at radius 2 is 1.38 bits per heavy atom. The zero-order chi connectivity index (χ0) is 19.8. The molecule has 4 heterocycles. The summed E-state index contributed by atoms with van der Waals surface area (Å²) in [5.41, 5.74) is 0. The monoisotopic (exact) mass is 400 g/mol. The van der Waals surface area contributed by atoms with E-state index in [-0.39, 0.29) is 17.9 Å². The fourth-order valence-electron chi connectivity index (χ4n) is 5.05. The van der Waals surface area contributed by atoms with Crippen LogP contribution in [0.3, 0.4) is 0 Å². The Morgan fingerprint density at radius 3 is 2.03 bits per heavy atom. The van der Waals surface area contributed by atoms with Gasteiger partial charge in [-0.05, 0) is 51.4 Å². The Morgan fingerprint density at radius 1 is 0.759 bits per heavy atom. The van der Waals surface area contributed by atoms with Crippen molar-refractivity contribution in [3.05, 3.63) is 11.6 Å². The third-order valence-corrected chi connectivity index (χ3v) is 7.15. The largest absolute Gasteiger partial charge is 0.342 e. The van der Waals surface area contributed by atoms with Crippen LogP contribution >= 0.6 is 0 Å². The molecular formula is C21H32N6O2. The number of aromatic nitrogens is 3. The molecule has 1 aromatic heterocycles. The number of rotatable bonds is 3. The molecule has 4 aliphatic rings. The summed E-state index contributed by atoms with van der Waals surface area (Å²) in [7, 11) is 0. The van der Waals surface area contributed by atoms with Crippen LogP contribution in [0.1, 0.15) is 74.9 Å². The van der Waals surface area contributed by atoms with Crippen molar-refractivity contribution in [2.24, 2.45) is 5.92 Å². The summed E-state index contributed by atoms with van der Waals surface area (Å²) in [6.07, 6.45) is 8.17. The van der Waals surface area contributed by atoms with Crippen molar-refractivity contribution in [3.63, 3.8) is 0 Å². The van der Waals surface area contributed by atoms with E-state index in [2.05, 4.69) is 10.2 Å². The van der Waals surface area contributed by atoms with E-state index in [9.17, 15) is 9.59 Å². The Labute approximate surface area is 172 Å². The summed E-state index contributed by atoms with van der Waals surface area (Å²) in [5, 5.41) is 7.52. The number of amides is 3. The second kappa shape index (κ2) is 7.95. The quantitative estimate of drug-likeness (QED) is 0.844. The minimum Gasteiger partial charge on any atom is -0.342 e. The van der Waals surface area contributed by atoms with Crippen molar-refractivity contribution in [1.29, 1.82) is 0 Å². The smallest absolute Gasteiger partial charge is 0.319 e. The number of urea groups is 1. The maximum absolute atomic E-state index is 13.0. The molecule has 8 heteroatoms. The Balaban J connectivity index is 1.09. The van der Waals surface area contributed by atoms with Crippen LogP contribution in [-0.4, -0.2) is 81.1 Å². The molecule has 0 bridgehead atoms. The summed E-state index contributed by atoms with van der Waals surface area (Å²) >= 11 is 0. The highest BCUT2D eigenvalue weighted by atomic mass is 16.2. The lowest BCUT2D eigenvalue weighted by Gasteiger charge is -2.37. The average Bonchev–Trinajstić information content (AvgIpc) is 3.27. The number of hydrogen-bond acceptors (Lipinski definition) is 4. The van der Waals surface area contributed by atoms with Crippen molar-refractivity contribution in [2.45, 2.75) is 63.2 Å². The number of piperidine rings is 2. The van der Waals surface area contributed by atoms with E-state index >= 15 is 0 Å². The minimum absolute atomic E-state index is 0.0703. The van der Waals surface area contributed by atoms with Crippen LogP contribution in [-0.2, 0) is 4.79 Å². The van der Waals surface area contributed by atoms with Crippen molar-refractivity contribution < 1.29 is 9.59 Å². The van der Waals surface area contributed by atoms with Crippen LogP contribution in [0, 0.1) is 5.92 Å². The summed E-state index contributed by atoms with van der Waals surface area (Å²) in [4.78, 5) is 36.2. The predicted octanol–water partition coefficient (Wildman–Crippen LogP) is 2.32. The van der Waals surface area contributed by atoms with Gasteiger partial charge >= 0.3 is 6.03 Å². The summed E-state index contributed by atoms with van der Waals surface area (Å²) < 4.78 is 0. The molecule has 4 fully saturated rings. The van der Waals surface area contributed by atoms with E-state index in [1.54, 1.807) is 0 Å². The van der Waals surface area contributed by atoms with E-state index in [1.165, 1.54) is 12.8 Å². The molecule has 158 valence electrons. The summed E-state index contributed by atoms with van der Waals surface area (Å²) in [5.74, 6) is 3.30. The first-order chi connectivity index (χ1) is 14.2. The van der Waals surface area contributed by atoms with Gasteiger partial charge in [0, 0.05) is 57.0 Å². The first-order valence-electron chi connectivity index (χ1n) is 11.4. The highest BCUT2D eigenvalue weighted by Crippen LogP contribution is 2.38. The first-order valence-corrected chi connectivity index (χ1v) is 11.4. The topological polar surface area (TPSA) is 85.4 Å². The second-order valence-corrected chi connectivity index (χ2v) is 9.19.